The summed E-state index contributed by atoms with van der Waals surface area (Å²) in [4.78, 5) is 0. The van der Waals surface area contributed by atoms with E-state index < -0.39 is 0 Å². The minimum Gasteiger partial charge on any atom is -0.492 e. The van der Waals surface area contributed by atoms with Crippen LogP contribution >= 0.6 is 0 Å². The lowest BCUT2D eigenvalue weighted by Crippen LogP contribution is -2.36. The van der Waals surface area contributed by atoms with Gasteiger partial charge >= 0.3 is 0 Å². The molecule has 0 bridgehead atoms. The van der Waals surface area contributed by atoms with E-state index in [1.807, 2.05) is 30.3 Å². The number of ether oxygens (including phenoxy) is 1. The zero-order chi connectivity index (χ0) is 14.5. The Hall–Kier alpha value is -1.80. The summed E-state index contributed by atoms with van der Waals surface area (Å²) in [5, 5.41) is 3.59. The van der Waals surface area contributed by atoms with Crippen LogP contribution in [0.15, 0.2) is 60.7 Å². The van der Waals surface area contributed by atoms with E-state index in [-0.39, 0.29) is 0 Å². The number of nitrogens with one attached hydrogen (secondary N) is 1. The van der Waals surface area contributed by atoms with Crippen molar-refractivity contribution in [1.82, 2.24) is 5.32 Å². The van der Waals surface area contributed by atoms with Crippen molar-refractivity contribution in [2.45, 2.75) is 25.3 Å². The van der Waals surface area contributed by atoms with Gasteiger partial charge in [0.25, 0.3) is 0 Å². The topological polar surface area (TPSA) is 21.3 Å². The Morgan fingerprint density at radius 1 is 1.05 bits per heavy atom. The molecule has 1 saturated carbocycles. The van der Waals surface area contributed by atoms with Gasteiger partial charge < -0.3 is 10.1 Å². The van der Waals surface area contributed by atoms with E-state index in [1.54, 1.807) is 0 Å². The number of hydrogen-bond acceptors (Lipinski definition) is 2. The minimum atomic E-state index is 0.431. The lowest BCUT2D eigenvalue weighted by atomic mass is 10.1. The van der Waals surface area contributed by atoms with E-state index in [2.05, 4.69) is 42.6 Å². The number of rotatable bonds is 7. The molecule has 0 saturated heterocycles. The van der Waals surface area contributed by atoms with E-state index in [4.69, 9.17) is 4.74 Å². The van der Waals surface area contributed by atoms with Gasteiger partial charge in [0.1, 0.15) is 12.4 Å². The van der Waals surface area contributed by atoms with Crippen LogP contribution in [0.5, 0.6) is 5.75 Å². The Kier molecular flexibility index (Phi) is 4.56. The Labute approximate surface area is 127 Å². The van der Waals surface area contributed by atoms with Crippen molar-refractivity contribution >= 4 is 0 Å². The summed E-state index contributed by atoms with van der Waals surface area (Å²) in [5.41, 5.74) is 1.46. The third-order valence-corrected chi connectivity index (χ3v) is 4.22. The molecule has 3 atom stereocenters. The number of hydrogen-bond donors (Lipinski definition) is 1. The molecule has 0 aliphatic heterocycles. The molecule has 2 heteroatoms. The van der Waals surface area contributed by atoms with Gasteiger partial charge in [0, 0.05) is 6.04 Å². The van der Waals surface area contributed by atoms with Crippen molar-refractivity contribution in [3.63, 3.8) is 0 Å². The van der Waals surface area contributed by atoms with Crippen LogP contribution in [-0.4, -0.2) is 19.2 Å². The first-order valence-corrected chi connectivity index (χ1v) is 7.84. The van der Waals surface area contributed by atoms with Crippen molar-refractivity contribution in [3.8, 4) is 5.75 Å². The molecule has 0 radical (unpaired) electrons. The monoisotopic (exact) mass is 281 g/mol. The van der Waals surface area contributed by atoms with Gasteiger partial charge in [0.05, 0.1) is 0 Å². The van der Waals surface area contributed by atoms with E-state index in [0.717, 1.165) is 18.9 Å². The first-order chi connectivity index (χ1) is 10.4. The molecule has 2 aromatic rings. The number of likely N-dealkylation sites (N-methyl/N-ethyl adjacent to an activating group) is 1. The zero-order valence-electron chi connectivity index (χ0n) is 12.5. The third-order valence-electron chi connectivity index (χ3n) is 4.22. The maximum atomic E-state index is 5.94. The predicted molar refractivity (Wildman–Crippen MR) is 86.7 cm³/mol. The molecule has 2 aromatic carbocycles. The van der Waals surface area contributed by atoms with Crippen LogP contribution in [0.3, 0.4) is 0 Å². The smallest absolute Gasteiger partial charge is 0.119 e. The van der Waals surface area contributed by atoms with Crippen molar-refractivity contribution in [2.75, 3.05) is 13.2 Å². The third kappa shape index (κ3) is 3.64. The van der Waals surface area contributed by atoms with Crippen LogP contribution in [0.25, 0.3) is 0 Å². The fourth-order valence-corrected chi connectivity index (χ4v) is 3.04. The second kappa shape index (κ2) is 6.77. The van der Waals surface area contributed by atoms with Gasteiger partial charge in [-0.1, -0.05) is 55.5 Å². The molecule has 110 valence electrons. The fourth-order valence-electron chi connectivity index (χ4n) is 3.04. The molecule has 1 N–H and O–H groups in total. The van der Waals surface area contributed by atoms with E-state index in [1.165, 1.54) is 12.0 Å². The molecular formula is C19H23NO. The van der Waals surface area contributed by atoms with Gasteiger partial charge in [-0.05, 0) is 42.5 Å². The summed E-state index contributed by atoms with van der Waals surface area (Å²) in [6.45, 7) is 3.89. The SMILES string of the molecule is CCNC(COc1ccccc1)C1CC1c1ccccc1. The summed E-state index contributed by atoms with van der Waals surface area (Å²) in [7, 11) is 0. The molecule has 0 aromatic heterocycles. The Morgan fingerprint density at radius 3 is 2.38 bits per heavy atom. The molecule has 0 amide bonds. The molecular weight excluding hydrogens is 258 g/mol. The maximum Gasteiger partial charge on any atom is 0.119 e. The van der Waals surface area contributed by atoms with Crippen molar-refractivity contribution in [2.24, 2.45) is 5.92 Å². The van der Waals surface area contributed by atoms with E-state index in [9.17, 15) is 0 Å². The van der Waals surface area contributed by atoms with Gasteiger partial charge in [0.2, 0.25) is 0 Å². The average molecular weight is 281 g/mol. The molecule has 3 unspecified atom stereocenters. The zero-order valence-corrected chi connectivity index (χ0v) is 12.5. The highest BCUT2D eigenvalue weighted by atomic mass is 16.5. The highest BCUT2D eigenvalue weighted by Gasteiger charge is 2.43. The second-order valence-electron chi connectivity index (χ2n) is 5.70. The van der Waals surface area contributed by atoms with Crippen LogP contribution in [-0.2, 0) is 0 Å². The van der Waals surface area contributed by atoms with Crippen LogP contribution in [0.2, 0.25) is 0 Å². The lowest BCUT2D eigenvalue weighted by molar-refractivity contribution is 0.249. The van der Waals surface area contributed by atoms with E-state index >= 15 is 0 Å². The van der Waals surface area contributed by atoms with Crippen LogP contribution in [0.4, 0.5) is 0 Å². The second-order valence-corrected chi connectivity index (χ2v) is 5.70. The van der Waals surface area contributed by atoms with Gasteiger partial charge in [-0.25, -0.2) is 0 Å². The predicted octanol–water partition coefficient (Wildman–Crippen LogP) is 3.85. The molecule has 2 nitrogen and oxygen atoms in total. The molecule has 0 heterocycles. The average Bonchev–Trinajstić information content (AvgIpc) is 3.34. The van der Waals surface area contributed by atoms with Crippen molar-refractivity contribution in [1.29, 1.82) is 0 Å². The summed E-state index contributed by atoms with van der Waals surface area (Å²) >= 11 is 0. The Bertz CT molecular complexity index is 540. The lowest BCUT2D eigenvalue weighted by Gasteiger charge is -2.19. The molecule has 21 heavy (non-hydrogen) atoms. The molecule has 1 aliphatic carbocycles. The molecule has 1 aliphatic rings. The summed E-state index contributed by atoms with van der Waals surface area (Å²) in [5.74, 6) is 2.34. The van der Waals surface area contributed by atoms with Crippen molar-refractivity contribution in [3.05, 3.63) is 66.2 Å². The first-order valence-electron chi connectivity index (χ1n) is 7.84. The van der Waals surface area contributed by atoms with Crippen LogP contribution in [0, 0.1) is 5.92 Å². The maximum absolute atomic E-state index is 5.94. The van der Waals surface area contributed by atoms with Gasteiger partial charge in [0.15, 0.2) is 0 Å². The highest BCUT2D eigenvalue weighted by Crippen LogP contribution is 2.49. The largest absolute Gasteiger partial charge is 0.492 e. The quantitative estimate of drug-likeness (QED) is 0.832. The summed E-state index contributed by atoms with van der Waals surface area (Å²) in [6.07, 6.45) is 1.26. The standard InChI is InChI=1S/C19H23NO/c1-2-20-19(14-21-16-11-7-4-8-12-16)18-13-17(18)15-9-5-3-6-10-15/h3-12,17-20H,2,13-14H2,1H3. The fraction of sp³-hybridized carbons (Fsp3) is 0.368. The Balaban J connectivity index is 1.58. The number of para-hydroxylation sites is 1. The van der Waals surface area contributed by atoms with Crippen LogP contribution < -0.4 is 10.1 Å². The summed E-state index contributed by atoms with van der Waals surface area (Å²) in [6, 6.07) is 21.3. The van der Waals surface area contributed by atoms with E-state index in [0.29, 0.717) is 17.9 Å². The highest BCUT2D eigenvalue weighted by molar-refractivity contribution is 5.27. The van der Waals surface area contributed by atoms with Gasteiger partial charge in [-0.3, -0.25) is 0 Å². The minimum absolute atomic E-state index is 0.431. The Morgan fingerprint density at radius 2 is 1.71 bits per heavy atom. The molecule has 0 spiro atoms. The molecule has 3 rings (SSSR count). The first kappa shape index (κ1) is 14.2. The van der Waals surface area contributed by atoms with Gasteiger partial charge in [-0.15, -0.1) is 0 Å². The normalized spacial score (nSPS) is 21.8. The van der Waals surface area contributed by atoms with Gasteiger partial charge in [-0.2, -0.15) is 0 Å². The number of benzene rings is 2. The van der Waals surface area contributed by atoms with Crippen molar-refractivity contribution < 1.29 is 4.74 Å². The summed E-state index contributed by atoms with van der Waals surface area (Å²) < 4.78 is 5.94. The molecule has 1 fully saturated rings. The van der Waals surface area contributed by atoms with Crippen LogP contribution in [0.1, 0.15) is 24.8 Å².